The van der Waals surface area contributed by atoms with E-state index in [1.54, 1.807) is 7.11 Å². The fourth-order valence-corrected chi connectivity index (χ4v) is 3.56. The number of anilines is 1. The van der Waals surface area contributed by atoms with Crippen LogP contribution in [0.4, 0.5) is 10.5 Å². The molecule has 144 valence electrons. The van der Waals surface area contributed by atoms with Gasteiger partial charge in [0.25, 0.3) is 0 Å². The van der Waals surface area contributed by atoms with Crippen LogP contribution in [0.3, 0.4) is 0 Å². The van der Waals surface area contributed by atoms with Gasteiger partial charge in [0.05, 0.1) is 7.11 Å². The van der Waals surface area contributed by atoms with Gasteiger partial charge in [0.15, 0.2) is 0 Å². The van der Waals surface area contributed by atoms with Gasteiger partial charge in [0, 0.05) is 49.0 Å². The predicted molar refractivity (Wildman–Crippen MR) is 110 cm³/mol. The Morgan fingerprint density at radius 2 is 1.85 bits per heavy atom. The number of hydrogen-bond donors (Lipinski definition) is 1. The van der Waals surface area contributed by atoms with Crippen molar-refractivity contribution in [2.24, 2.45) is 0 Å². The van der Waals surface area contributed by atoms with Gasteiger partial charge in [-0.2, -0.15) is 0 Å². The van der Waals surface area contributed by atoms with Crippen LogP contribution in [-0.4, -0.2) is 49.1 Å². The van der Waals surface area contributed by atoms with Crippen molar-refractivity contribution in [3.8, 4) is 5.75 Å². The van der Waals surface area contributed by atoms with E-state index in [0.29, 0.717) is 18.1 Å². The standard InChI is InChI=1S/C21H26ClN3O2/c1-3-16-6-4-5-7-19(16)23-21(26)25-12-10-24(11-13-25)15-17-14-18(22)8-9-20(17)27-2/h4-9,14H,3,10-13,15H2,1-2H3,(H,23,26). The van der Waals surface area contributed by atoms with Crippen LogP contribution in [0.5, 0.6) is 5.75 Å². The second-order valence-electron chi connectivity index (χ2n) is 6.66. The molecule has 2 aromatic carbocycles. The van der Waals surface area contributed by atoms with Gasteiger partial charge in [0.2, 0.25) is 0 Å². The third kappa shape index (κ3) is 4.93. The van der Waals surface area contributed by atoms with Gasteiger partial charge in [-0.05, 0) is 36.2 Å². The first-order valence-electron chi connectivity index (χ1n) is 9.29. The Morgan fingerprint density at radius 3 is 2.56 bits per heavy atom. The molecular weight excluding hydrogens is 362 g/mol. The van der Waals surface area contributed by atoms with E-state index in [4.69, 9.17) is 16.3 Å². The zero-order valence-corrected chi connectivity index (χ0v) is 16.6. The van der Waals surface area contributed by atoms with Crippen molar-refractivity contribution in [1.29, 1.82) is 0 Å². The van der Waals surface area contributed by atoms with Crippen LogP contribution >= 0.6 is 11.6 Å². The molecule has 5 nitrogen and oxygen atoms in total. The van der Waals surface area contributed by atoms with E-state index in [0.717, 1.165) is 48.6 Å². The number of ether oxygens (including phenoxy) is 1. The third-order valence-corrected chi connectivity index (χ3v) is 5.17. The molecule has 0 atom stereocenters. The average Bonchev–Trinajstić information content (AvgIpc) is 2.69. The van der Waals surface area contributed by atoms with Crippen LogP contribution in [0, 0.1) is 0 Å². The van der Waals surface area contributed by atoms with Crippen molar-refractivity contribution in [2.45, 2.75) is 19.9 Å². The summed E-state index contributed by atoms with van der Waals surface area (Å²) in [6.45, 7) is 5.88. The van der Waals surface area contributed by atoms with Crippen molar-refractivity contribution < 1.29 is 9.53 Å². The Labute approximate surface area is 165 Å². The number of amides is 2. The first-order valence-corrected chi connectivity index (χ1v) is 9.67. The molecule has 1 aliphatic heterocycles. The Balaban J connectivity index is 1.56. The van der Waals surface area contributed by atoms with Gasteiger partial charge >= 0.3 is 6.03 Å². The Hall–Kier alpha value is -2.24. The molecule has 1 saturated heterocycles. The SMILES string of the molecule is CCc1ccccc1NC(=O)N1CCN(Cc2cc(Cl)ccc2OC)CC1. The van der Waals surface area contributed by atoms with Crippen LogP contribution < -0.4 is 10.1 Å². The second-order valence-corrected chi connectivity index (χ2v) is 7.10. The van der Waals surface area contributed by atoms with Gasteiger partial charge in [-0.3, -0.25) is 4.90 Å². The van der Waals surface area contributed by atoms with Crippen molar-refractivity contribution in [1.82, 2.24) is 9.80 Å². The van der Waals surface area contributed by atoms with E-state index >= 15 is 0 Å². The molecule has 0 saturated carbocycles. The number of benzene rings is 2. The molecule has 0 unspecified atom stereocenters. The largest absolute Gasteiger partial charge is 0.496 e. The zero-order chi connectivity index (χ0) is 19.2. The lowest BCUT2D eigenvalue weighted by atomic mass is 10.1. The van der Waals surface area contributed by atoms with Crippen molar-refractivity contribution in [2.75, 3.05) is 38.6 Å². The first-order chi connectivity index (χ1) is 13.1. The smallest absolute Gasteiger partial charge is 0.321 e. The van der Waals surface area contributed by atoms with Crippen molar-refractivity contribution >= 4 is 23.3 Å². The number of hydrogen-bond acceptors (Lipinski definition) is 3. The van der Waals surface area contributed by atoms with E-state index in [9.17, 15) is 4.79 Å². The summed E-state index contributed by atoms with van der Waals surface area (Å²) in [6, 6.07) is 13.6. The maximum atomic E-state index is 12.6. The van der Waals surface area contributed by atoms with Gasteiger partial charge in [-0.15, -0.1) is 0 Å². The number of methoxy groups -OCH3 is 1. The lowest BCUT2D eigenvalue weighted by molar-refractivity contribution is 0.142. The molecular formula is C21H26ClN3O2. The van der Waals surface area contributed by atoms with Crippen LogP contribution in [-0.2, 0) is 13.0 Å². The maximum absolute atomic E-state index is 12.6. The fourth-order valence-electron chi connectivity index (χ4n) is 3.37. The number of piperazine rings is 1. The number of urea groups is 1. The van der Waals surface area contributed by atoms with E-state index in [1.807, 2.05) is 47.4 Å². The molecule has 0 aliphatic carbocycles. The highest BCUT2D eigenvalue weighted by atomic mass is 35.5. The minimum Gasteiger partial charge on any atom is -0.496 e. The summed E-state index contributed by atoms with van der Waals surface area (Å²) in [5.74, 6) is 0.843. The van der Waals surface area contributed by atoms with E-state index < -0.39 is 0 Å². The number of carbonyl (C=O) groups is 1. The summed E-state index contributed by atoms with van der Waals surface area (Å²) in [5.41, 5.74) is 3.12. The molecule has 1 aliphatic rings. The lowest BCUT2D eigenvalue weighted by Gasteiger charge is -2.35. The molecule has 1 fully saturated rings. The number of nitrogens with one attached hydrogen (secondary N) is 1. The van der Waals surface area contributed by atoms with Crippen molar-refractivity contribution in [3.63, 3.8) is 0 Å². The molecule has 2 aromatic rings. The predicted octanol–water partition coefficient (Wildman–Crippen LogP) is 4.26. The minimum atomic E-state index is -0.0316. The number of aryl methyl sites for hydroxylation is 1. The summed E-state index contributed by atoms with van der Waals surface area (Å²) >= 11 is 6.12. The van der Waals surface area contributed by atoms with Gasteiger partial charge in [-0.25, -0.2) is 4.79 Å². The van der Waals surface area contributed by atoms with Crippen LogP contribution in [0.1, 0.15) is 18.1 Å². The Morgan fingerprint density at radius 1 is 1.11 bits per heavy atom. The van der Waals surface area contributed by atoms with E-state index in [-0.39, 0.29) is 6.03 Å². The normalized spacial score (nSPS) is 14.9. The highest BCUT2D eigenvalue weighted by Gasteiger charge is 2.22. The van der Waals surface area contributed by atoms with Crippen LogP contribution in [0.2, 0.25) is 5.02 Å². The topological polar surface area (TPSA) is 44.8 Å². The summed E-state index contributed by atoms with van der Waals surface area (Å²) in [5, 5.41) is 3.76. The quantitative estimate of drug-likeness (QED) is 0.833. The Bertz CT molecular complexity index is 789. The van der Waals surface area contributed by atoms with Gasteiger partial charge in [0.1, 0.15) is 5.75 Å². The number of nitrogens with zero attached hydrogens (tertiary/aromatic N) is 2. The molecule has 27 heavy (non-hydrogen) atoms. The van der Waals surface area contributed by atoms with E-state index in [1.165, 1.54) is 0 Å². The number of rotatable bonds is 5. The molecule has 0 aromatic heterocycles. The summed E-state index contributed by atoms with van der Waals surface area (Å²) in [6.07, 6.45) is 0.895. The molecule has 1 N–H and O–H groups in total. The van der Waals surface area contributed by atoms with Gasteiger partial charge in [-0.1, -0.05) is 36.7 Å². The highest BCUT2D eigenvalue weighted by molar-refractivity contribution is 6.30. The number of para-hydroxylation sites is 1. The summed E-state index contributed by atoms with van der Waals surface area (Å²) in [7, 11) is 1.67. The number of carbonyl (C=O) groups excluding carboxylic acids is 1. The molecule has 0 radical (unpaired) electrons. The monoisotopic (exact) mass is 387 g/mol. The van der Waals surface area contributed by atoms with Crippen LogP contribution in [0.15, 0.2) is 42.5 Å². The zero-order valence-electron chi connectivity index (χ0n) is 15.9. The Kier molecular flexibility index (Phi) is 6.58. The molecule has 3 rings (SSSR count). The first kappa shape index (κ1) is 19.5. The average molecular weight is 388 g/mol. The third-order valence-electron chi connectivity index (χ3n) is 4.94. The molecule has 0 spiro atoms. The van der Waals surface area contributed by atoms with Gasteiger partial charge < -0.3 is 15.0 Å². The molecule has 6 heteroatoms. The summed E-state index contributed by atoms with van der Waals surface area (Å²) in [4.78, 5) is 16.8. The minimum absolute atomic E-state index is 0.0316. The second kappa shape index (κ2) is 9.11. The molecule has 2 amide bonds. The number of halogens is 1. The van der Waals surface area contributed by atoms with Crippen molar-refractivity contribution in [3.05, 3.63) is 58.6 Å². The highest BCUT2D eigenvalue weighted by Crippen LogP contribution is 2.24. The fraction of sp³-hybridized carbons (Fsp3) is 0.381. The van der Waals surface area contributed by atoms with Crippen LogP contribution in [0.25, 0.3) is 0 Å². The maximum Gasteiger partial charge on any atom is 0.321 e. The lowest BCUT2D eigenvalue weighted by Crippen LogP contribution is -2.49. The molecule has 0 bridgehead atoms. The summed E-state index contributed by atoms with van der Waals surface area (Å²) < 4.78 is 5.43. The molecule has 1 heterocycles. The van der Waals surface area contributed by atoms with E-state index in [2.05, 4.69) is 17.1 Å².